The van der Waals surface area contributed by atoms with Crippen molar-refractivity contribution in [2.75, 3.05) is 5.32 Å². The highest BCUT2D eigenvalue weighted by atomic mass is 35.5. The van der Waals surface area contributed by atoms with Crippen LogP contribution < -0.4 is 5.32 Å². The number of carbonyl (C=O) groups is 1. The van der Waals surface area contributed by atoms with Gasteiger partial charge in [-0.05, 0) is 24.3 Å². The maximum absolute atomic E-state index is 13.7. The lowest BCUT2D eigenvalue weighted by Gasteiger charge is -2.02. The number of hydrogen-bond acceptors (Lipinski definition) is 1. The molecule has 1 heterocycles. The molecule has 4 heteroatoms. The number of benzene rings is 2. The summed E-state index contributed by atoms with van der Waals surface area (Å²) in [5.74, 6) is -0.697. The van der Waals surface area contributed by atoms with E-state index < -0.39 is 5.82 Å². The van der Waals surface area contributed by atoms with E-state index in [9.17, 15) is 9.18 Å². The van der Waals surface area contributed by atoms with E-state index in [-0.39, 0.29) is 16.5 Å². The van der Waals surface area contributed by atoms with Crippen molar-refractivity contribution in [2.45, 2.75) is 0 Å². The van der Waals surface area contributed by atoms with Crippen LogP contribution in [-0.4, -0.2) is 5.91 Å². The Labute approximate surface area is 114 Å². The second kappa shape index (κ2) is 4.52. The van der Waals surface area contributed by atoms with Gasteiger partial charge in [0.1, 0.15) is 5.82 Å². The molecule has 2 nitrogen and oxygen atoms in total. The van der Waals surface area contributed by atoms with Gasteiger partial charge in [0.2, 0.25) is 0 Å². The highest BCUT2D eigenvalue weighted by Gasteiger charge is 2.24. The van der Waals surface area contributed by atoms with Crippen LogP contribution in [0, 0.1) is 5.82 Å². The SMILES string of the molecule is O=C1Nc2ccccc2C1=Cc1c(F)cccc1Cl. The van der Waals surface area contributed by atoms with Crippen LogP contribution in [0.4, 0.5) is 10.1 Å². The Morgan fingerprint density at radius 2 is 1.89 bits per heavy atom. The highest BCUT2D eigenvalue weighted by Crippen LogP contribution is 2.34. The van der Waals surface area contributed by atoms with E-state index in [1.54, 1.807) is 12.1 Å². The topological polar surface area (TPSA) is 29.1 Å². The summed E-state index contributed by atoms with van der Waals surface area (Å²) in [6.07, 6.45) is 1.48. The van der Waals surface area contributed by atoms with Crippen molar-refractivity contribution in [2.24, 2.45) is 0 Å². The molecule has 1 amide bonds. The van der Waals surface area contributed by atoms with Gasteiger partial charge in [-0.25, -0.2) is 4.39 Å². The molecule has 1 N–H and O–H groups in total. The van der Waals surface area contributed by atoms with Gasteiger partial charge in [-0.2, -0.15) is 0 Å². The summed E-state index contributed by atoms with van der Waals surface area (Å²) in [4.78, 5) is 11.9. The number of amides is 1. The number of para-hydroxylation sites is 1. The van der Waals surface area contributed by atoms with Gasteiger partial charge < -0.3 is 5.32 Å². The molecule has 0 spiro atoms. The first-order chi connectivity index (χ1) is 9.16. The van der Waals surface area contributed by atoms with Crippen LogP contribution in [0.25, 0.3) is 11.6 Å². The summed E-state index contributed by atoms with van der Waals surface area (Å²) in [5.41, 5.74) is 2.13. The van der Waals surface area contributed by atoms with Crippen molar-refractivity contribution in [1.82, 2.24) is 0 Å². The Balaban J connectivity index is 2.17. The molecule has 2 aromatic rings. The molecule has 0 aromatic heterocycles. The Morgan fingerprint density at radius 3 is 2.68 bits per heavy atom. The lowest BCUT2D eigenvalue weighted by Crippen LogP contribution is -2.03. The average molecular weight is 274 g/mol. The van der Waals surface area contributed by atoms with Gasteiger partial charge in [0.25, 0.3) is 5.91 Å². The van der Waals surface area contributed by atoms with Crippen molar-refractivity contribution in [3.63, 3.8) is 0 Å². The molecule has 0 atom stereocenters. The van der Waals surface area contributed by atoms with Gasteiger partial charge in [-0.1, -0.05) is 35.9 Å². The maximum atomic E-state index is 13.7. The fourth-order valence-electron chi connectivity index (χ4n) is 2.08. The molecule has 0 fully saturated rings. The molecular formula is C15H9ClFNO. The molecule has 0 bridgehead atoms. The average Bonchev–Trinajstić information content (AvgIpc) is 2.70. The summed E-state index contributed by atoms with van der Waals surface area (Å²) in [7, 11) is 0. The van der Waals surface area contributed by atoms with Gasteiger partial charge in [0, 0.05) is 22.4 Å². The van der Waals surface area contributed by atoms with Gasteiger partial charge >= 0.3 is 0 Å². The van der Waals surface area contributed by atoms with Crippen molar-refractivity contribution in [1.29, 1.82) is 0 Å². The zero-order chi connectivity index (χ0) is 13.4. The van der Waals surface area contributed by atoms with Gasteiger partial charge in [0.15, 0.2) is 0 Å². The maximum Gasteiger partial charge on any atom is 0.256 e. The number of fused-ring (bicyclic) bond motifs is 1. The standard InChI is InChI=1S/C15H9ClFNO/c16-12-5-3-6-13(17)11(12)8-10-9-4-1-2-7-14(9)18-15(10)19/h1-8H,(H,18,19). The molecule has 0 aliphatic carbocycles. The predicted molar refractivity (Wildman–Crippen MR) is 74.4 cm³/mol. The lowest BCUT2D eigenvalue weighted by molar-refractivity contribution is -0.110. The molecule has 19 heavy (non-hydrogen) atoms. The van der Waals surface area contributed by atoms with E-state index in [1.807, 2.05) is 18.2 Å². The third kappa shape index (κ3) is 2.02. The number of nitrogens with one attached hydrogen (secondary N) is 1. The summed E-state index contributed by atoms with van der Waals surface area (Å²) < 4.78 is 13.7. The highest BCUT2D eigenvalue weighted by molar-refractivity contribution is 6.37. The fourth-order valence-corrected chi connectivity index (χ4v) is 2.29. The smallest absolute Gasteiger partial charge is 0.256 e. The van der Waals surface area contributed by atoms with E-state index in [0.29, 0.717) is 5.57 Å². The summed E-state index contributed by atoms with van der Waals surface area (Å²) in [5, 5.41) is 3.02. The first kappa shape index (κ1) is 11.9. The van der Waals surface area contributed by atoms with E-state index in [1.165, 1.54) is 18.2 Å². The Bertz CT molecular complexity index is 689. The third-order valence-electron chi connectivity index (χ3n) is 3.00. The number of hydrogen-bond donors (Lipinski definition) is 1. The number of halogens is 2. The lowest BCUT2D eigenvalue weighted by atomic mass is 10.0. The van der Waals surface area contributed by atoms with Gasteiger partial charge in [0.05, 0.1) is 5.02 Å². The van der Waals surface area contributed by atoms with E-state index in [2.05, 4.69) is 5.32 Å². The van der Waals surface area contributed by atoms with Crippen LogP contribution in [0.1, 0.15) is 11.1 Å². The molecule has 2 aromatic carbocycles. The third-order valence-corrected chi connectivity index (χ3v) is 3.33. The minimum Gasteiger partial charge on any atom is -0.321 e. The van der Waals surface area contributed by atoms with E-state index >= 15 is 0 Å². The van der Waals surface area contributed by atoms with Crippen LogP contribution in [0.5, 0.6) is 0 Å². The monoisotopic (exact) mass is 273 g/mol. The summed E-state index contributed by atoms with van der Waals surface area (Å²) in [6.45, 7) is 0. The number of anilines is 1. The van der Waals surface area contributed by atoms with Crippen molar-refractivity contribution in [3.05, 3.63) is 64.4 Å². The fraction of sp³-hybridized carbons (Fsp3) is 0. The van der Waals surface area contributed by atoms with Crippen molar-refractivity contribution >= 4 is 34.8 Å². The quantitative estimate of drug-likeness (QED) is 0.783. The molecule has 0 saturated carbocycles. The number of carbonyl (C=O) groups excluding carboxylic acids is 1. The second-order valence-corrected chi connectivity index (χ2v) is 4.60. The van der Waals surface area contributed by atoms with Crippen LogP contribution in [0.15, 0.2) is 42.5 Å². The van der Waals surface area contributed by atoms with E-state index in [0.717, 1.165) is 11.3 Å². The molecule has 0 radical (unpaired) electrons. The Morgan fingerprint density at radius 1 is 1.11 bits per heavy atom. The van der Waals surface area contributed by atoms with Crippen LogP contribution in [0.2, 0.25) is 5.02 Å². The molecule has 1 aliphatic heterocycles. The minimum atomic E-state index is -0.447. The molecule has 0 saturated heterocycles. The largest absolute Gasteiger partial charge is 0.321 e. The molecular weight excluding hydrogens is 265 g/mol. The summed E-state index contributed by atoms with van der Waals surface area (Å²) in [6, 6.07) is 11.7. The zero-order valence-corrected chi connectivity index (χ0v) is 10.5. The Kier molecular flexibility index (Phi) is 2.84. The molecule has 0 unspecified atom stereocenters. The van der Waals surface area contributed by atoms with Gasteiger partial charge in [-0.3, -0.25) is 4.79 Å². The van der Waals surface area contributed by atoms with Crippen molar-refractivity contribution < 1.29 is 9.18 Å². The first-order valence-corrected chi connectivity index (χ1v) is 6.11. The Hall–Kier alpha value is -2.13. The van der Waals surface area contributed by atoms with Crippen LogP contribution in [-0.2, 0) is 4.79 Å². The van der Waals surface area contributed by atoms with Crippen LogP contribution in [0.3, 0.4) is 0 Å². The van der Waals surface area contributed by atoms with E-state index in [4.69, 9.17) is 11.6 Å². The molecule has 94 valence electrons. The molecule has 3 rings (SSSR count). The van der Waals surface area contributed by atoms with Crippen LogP contribution >= 0.6 is 11.6 Å². The zero-order valence-electron chi connectivity index (χ0n) is 9.78. The van der Waals surface area contributed by atoms with Gasteiger partial charge in [-0.15, -0.1) is 0 Å². The predicted octanol–water partition coefficient (Wildman–Crippen LogP) is 3.97. The second-order valence-electron chi connectivity index (χ2n) is 4.19. The normalized spacial score (nSPS) is 15.5. The summed E-state index contributed by atoms with van der Waals surface area (Å²) >= 11 is 5.97. The number of rotatable bonds is 1. The minimum absolute atomic E-state index is 0.228. The van der Waals surface area contributed by atoms with Crippen molar-refractivity contribution in [3.8, 4) is 0 Å². The first-order valence-electron chi connectivity index (χ1n) is 5.73. The molecule has 1 aliphatic rings.